The Morgan fingerprint density at radius 3 is 2.19 bits per heavy atom. The van der Waals surface area contributed by atoms with E-state index in [4.69, 9.17) is 0 Å². The average molecular weight is 437 g/mol. The first-order valence-corrected chi connectivity index (χ1v) is 14.1. The molecule has 3 fully saturated rings. The van der Waals surface area contributed by atoms with E-state index in [0.29, 0.717) is 0 Å². The van der Waals surface area contributed by atoms with Crippen molar-refractivity contribution in [2.45, 2.75) is 103 Å². The van der Waals surface area contributed by atoms with Crippen LogP contribution in [0.2, 0.25) is 0 Å². The molecule has 1 aromatic rings. The van der Waals surface area contributed by atoms with Crippen LogP contribution in [0.3, 0.4) is 0 Å². The molecule has 0 bridgehead atoms. The fourth-order valence-electron chi connectivity index (χ4n) is 8.45. The lowest BCUT2D eigenvalue weighted by molar-refractivity contribution is 0.0533. The normalized spacial score (nSPS) is 37.8. The zero-order chi connectivity index (χ0) is 21.9. The molecule has 0 radical (unpaired) electrons. The molecule has 5 atom stereocenters. The molecule has 4 aliphatic carbocycles. The second-order valence-electron chi connectivity index (χ2n) is 12.0. The van der Waals surface area contributed by atoms with Gasteiger partial charge in [-0.25, -0.2) is 4.39 Å². The van der Waals surface area contributed by atoms with Crippen LogP contribution in [-0.2, 0) is 12.8 Å². The quantitative estimate of drug-likeness (QED) is 0.404. The molecule has 32 heavy (non-hydrogen) atoms. The highest BCUT2D eigenvalue weighted by molar-refractivity contribution is 5.30. The van der Waals surface area contributed by atoms with E-state index in [1.165, 1.54) is 94.6 Å². The SMILES string of the molecule is C/C=C/CCC1CCC2CC(C3CCC(C4CCc5cc(F)ccc5C4)CC3)CCC2C1. The van der Waals surface area contributed by atoms with E-state index in [9.17, 15) is 4.39 Å². The van der Waals surface area contributed by atoms with Crippen LogP contribution in [-0.4, -0.2) is 0 Å². The Morgan fingerprint density at radius 1 is 0.750 bits per heavy atom. The standard InChI is InChI=1S/C31H45F/c1-2-3-4-5-22-6-7-28-19-26(13-12-25(28)18-22)23-8-10-24(11-9-23)27-14-15-30-21-31(32)17-16-29(30)20-27/h2-3,16-17,21-28H,4-15,18-20H2,1H3/b3-2+. The van der Waals surface area contributed by atoms with Crippen molar-refractivity contribution in [2.24, 2.45) is 41.4 Å². The molecule has 0 heterocycles. The molecule has 0 aliphatic heterocycles. The Labute approximate surface area is 196 Å². The molecule has 1 aromatic carbocycles. The third-order valence-corrected chi connectivity index (χ3v) is 10.3. The topological polar surface area (TPSA) is 0 Å². The maximum Gasteiger partial charge on any atom is 0.123 e. The van der Waals surface area contributed by atoms with Crippen LogP contribution < -0.4 is 0 Å². The van der Waals surface area contributed by atoms with E-state index < -0.39 is 0 Å². The first-order chi connectivity index (χ1) is 15.7. The maximum atomic E-state index is 13.5. The Balaban J connectivity index is 1.08. The predicted octanol–water partition coefficient (Wildman–Crippen LogP) is 8.93. The van der Waals surface area contributed by atoms with Gasteiger partial charge in [-0.05, 0) is 162 Å². The molecule has 0 nitrogen and oxygen atoms in total. The van der Waals surface area contributed by atoms with Crippen molar-refractivity contribution in [3.63, 3.8) is 0 Å². The molecule has 5 rings (SSSR count). The molecule has 3 saturated carbocycles. The molecule has 0 amide bonds. The molecule has 0 N–H and O–H groups in total. The van der Waals surface area contributed by atoms with Gasteiger partial charge in [0.25, 0.3) is 0 Å². The van der Waals surface area contributed by atoms with Crippen LogP contribution >= 0.6 is 0 Å². The highest BCUT2D eigenvalue weighted by atomic mass is 19.1. The van der Waals surface area contributed by atoms with Gasteiger partial charge in [0.05, 0.1) is 0 Å². The maximum absolute atomic E-state index is 13.5. The number of rotatable bonds is 5. The van der Waals surface area contributed by atoms with Gasteiger partial charge < -0.3 is 0 Å². The van der Waals surface area contributed by atoms with Gasteiger partial charge in [0, 0.05) is 0 Å². The van der Waals surface area contributed by atoms with Gasteiger partial charge in [0.1, 0.15) is 5.82 Å². The third kappa shape index (κ3) is 5.18. The zero-order valence-corrected chi connectivity index (χ0v) is 20.4. The minimum atomic E-state index is -0.0560. The lowest BCUT2D eigenvalue weighted by Crippen LogP contribution is -2.35. The Bertz CT molecular complexity index is 771. The van der Waals surface area contributed by atoms with Crippen molar-refractivity contribution >= 4 is 0 Å². The van der Waals surface area contributed by atoms with Crippen LogP contribution in [0.15, 0.2) is 30.4 Å². The number of hydrogen-bond acceptors (Lipinski definition) is 0. The van der Waals surface area contributed by atoms with Crippen LogP contribution in [0.25, 0.3) is 0 Å². The number of benzene rings is 1. The van der Waals surface area contributed by atoms with Crippen molar-refractivity contribution in [1.29, 1.82) is 0 Å². The second-order valence-corrected chi connectivity index (χ2v) is 12.0. The summed E-state index contributed by atoms with van der Waals surface area (Å²) in [5, 5.41) is 0. The molecule has 4 aliphatic rings. The Hall–Kier alpha value is -1.11. The summed E-state index contributed by atoms with van der Waals surface area (Å²) in [5.41, 5.74) is 2.72. The molecule has 0 spiro atoms. The smallest absolute Gasteiger partial charge is 0.123 e. The second kappa shape index (κ2) is 10.4. The van der Waals surface area contributed by atoms with Gasteiger partial charge in [-0.15, -0.1) is 0 Å². The highest BCUT2D eigenvalue weighted by Crippen LogP contribution is 2.50. The summed E-state index contributed by atoms with van der Waals surface area (Å²) in [6.07, 6.45) is 26.0. The summed E-state index contributed by atoms with van der Waals surface area (Å²) in [6, 6.07) is 5.52. The van der Waals surface area contributed by atoms with Gasteiger partial charge in [-0.3, -0.25) is 0 Å². The van der Waals surface area contributed by atoms with E-state index >= 15 is 0 Å². The molecule has 1 heteroatoms. The number of hydrogen-bond donors (Lipinski definition) is 0. The summed E-state index contributed by atoms with van der Waals surface area (Å²) in [7, 11) is 0. The lowest BCUT2D eigenvalue weighted by Gasteiger charge is -2.46. The lowest BCUT2D eigenvalue weighted by atomic mass is 9.60. The average Bonchev–Trinajstić information content (AvgIpc) is 2.83. The summed E-state index contributed by atoms with van der Waals surface area (Å²) < 4.78 is 13.5. The number of aryl methyl sites for hydroxylation is 1. The first kappa shape index (κ1) is 22.7. The number of halogens is 1. The van der Waals surface area contributed by atoms with Crippen LogP contribution in [0, 0.1) is 47.2 Å². The number of fused-ring (bicyclic) bond motifs is 2. The molecule has 5 unspecified atom stereocenters. The van der Waals surface area contributed by atoms with Crippen LogP contribution in [0.4, 0.5) is 4.39 Å². The van der Waals surface area contributed by atoms with E-state index in [2.05, 4.69) is 25.1 Å². The largest absolute Gasteiger partial charge is 0.207 e. The van der Waals surface area contributed by atoms with Gasteiger partial charge in [0.2, 0.25) is 0 Å². The van der Waals surface area contributed by atoms with E-state index in [-0.39, 0.29) is 5.82 Å². The van der Waals surface area contributed by atoms with Crippen molar-refractivity contribution in [3.05, 3.63) is 47.3 Å². The van der Waals surface area contributed by atoms with E-state index in [0.717, 1.165) is 47.8 Å². The molecule has 176 valence electrons. The monoisotopic (exact) mass is 436 g/mol. The van der Waals surface area contributed by atoms with Gasteiger partial charge in [0.15, 0.2) is 0 Å². The van der Waals surface area contributed by atoms with Crippen molar-refractivity contribution in [1.82, 2.24) is 0 Å². The Kier molecular flexibility index (Phi) is 7.39. The molecule has 0 aromatic heterocycles. The minimum absolute atomic E-state index is 0.0560. The van der Waals surface area contributed by atoms with Gasteiger partial charge in [-0.2, -0.15) is 0 Å². The first-order valence-electron chi connectivity index (χ1n) is 14.1. The summed E-state index contributed by atoms with van der Waals surface area (Å²) in [4.78, 5) is 0. The molecular weight excluding hydrogens is 391 g/mol. The molecular formula is C31H45F. The third-order valence-electron chi connectivity index (χ3n) is 10.3. The fraction of sp³-hybridized carbons (Fsp3) is 0.742. The van der Waals surface area contributed by atoms with E-state index in [1.807, 2.05) is 0 Å². The number of allylic oxidation sites excluding steroid dienone is 2. The van der Waals surface area contributed by atoms with Gasteiger partial charge >= 0.3 is 0 Å². The minimum Gasteiger partial charge on any atom is -0.207 e. The van der Waals surface area contributed by atoms with Crippen LogP contribution in [0.1, 0.15) is 102 Å². The summed E-state index contributed by atoms with van der Waals surface area (Å²) in [5.74, 6) is 6.89. The van der Waals surface area contributed by atoms with Crippen LogP contribution in [0.5, 0.6) is 0 Å². The van der Waals surface area contributed by atoms with Crippen molar-refractivity contribution < 1.29 is 4.39 Å². The predicted molar refractivity (Wildman–Crippen MR) is 133 cm³/mol. The fourth-order valence-corrected chi connectivity index (χ4v) is 8.45. The van der Waals surface area contributed by atoms with Gasteiger partial charge in [-0.1, -0.05) is 24.6 Å². The zero-order valence-electron chi connectivity index (χ0n) is 20.4. The molecule has 0 saturated heterocycles. The van der Waals surface area contributed by atoms with Crippen molar-refractivity contribution in [3.8, 4) is 0 Å². The summed E-state index contributed by atoms with van der Waals surface area (Å²) in [6.45, 7) is 2.15. The highest BCUT2D eigenvalue weighted by Gasteiger charge is 2.39. The van der Waals surface area contributed by atoms with Crippen molar-refractivity contribution in [2.75, 3.05) is 0 Å². The Morgan fingerprint density at radius 2 is 1.41 bits per heavy atom. The van der Waals surface area contributed by atoms with E-state index in [1.54, 1.807) is 18.6 Å². The summed E-state index contributed by atoms with van der Waals surface area (Å²) >= 11 is 0.